The van der Waals surface area contributed by atoms with Gasteiger partial charge in [-0.2, -0.15) is 0 Å². The summed E-state index contributed by atoms with van der Waals surface area (Å²) in [6.45, 7) is 21.0. The van der Waals surface area contributed by atoms with Crippen molar-refractivity contribution in [2.24, 2.45) is 11.3 Å². The topological polar surface area (TPSA) is 74.2 Å². The van der Waals surface area contributed by atoms with Crippen LogP contribution in [-0.4, -0.2) is 67.5 Å². The van der Waals surface area contributed by atoms with Crippen LogP contribution in [-0.2, 0) is 25.3 Å². The van der Waals surface area contributed by atoms with E-state index in [1.165, 1.54) is 6.42 Å². The molecule has 0 amide bonds. The summed E-state index contributed by atoms with van der Waals surface area (Å²) in [7, 11) is -0.194. The van der Waals surface area contributed by atoms with Crippen molar-refractivity contribution >= 4 is 37.8 Å². The van der Waals surface area contributed by atoms with Gasteiger partial charge in [0.25, 0.3) is 0 Å². The van der Waals surface area contributed by atoms with Crippen LogP contribution in [0.1, 0.15) is 112 Å². The number of rotatable bonds is 21. The zero-order valence-electron chi connectivity index (χ0n) is 31.9. The zero-order valence-corrected chi connectivity index (χ0v) is 34.5. The van der Waals surface area contributed by atoms with Crippen LogP contribution in [0, 0.1) is 11.3 Å². The molecule has 48 heavy (non-hydrogen) atoms. The Labute approximate surface area is 303 Å². The van der Waals surface area contributed by atoms with E-state index in [9.17, 15) is 9.90 Å². The summed E-state index contributed by atoms with van der Waals surface area (Å²) in [5, 5.41) is 12.1. The van der Waals surface area contributed by atoms with Crippen molar-refractivity contribution in [3.63, 3.8) is 0 Å². The highest BCUT2D eigenvalue weighted by molar-refractivity contribution is 8.18. The molecule has 0 saturated carbocycles. The van der Waals surface area contributed by atoms with Crippen LogP contribution in [0.15, 0.2) is 36.4 Å². The maximum atomic E-state index is 12.0. The molecule has 0 aromatic heterocycles. The molecule has 0 aliphatic carbocycles. The standard InChI is InChI=1S/C39H68O6S2Si/c1-31(19-16-14-12-11-13-15-17-25-43-36(41)37(2,3)4)35(40)39(46-27-18-28-47-39)29-34(24-26-45-48(9,10)38(5,6)7)44-30-32-20-22-33(42-8)23-21-32/h14,16,20-23,31,34-35,40H,11-13,15,17-19,24-30H2,1-10H3/b16-14+/t31-,34-,35?/m0/s1. The minimum atomic E-state index is -1.88. The first-order chi connectivity index (χ1) is 22.5. The summed E-state index contributed by atoms with van der Waals surface area (Å²) in [4.78, 5) is 11.9. The van der Waals surface area contributed by atoms with E-state index in [-0.39, 0.29) is 27.1 Å². The van der Waals surface area contributed by atoms with E-state index in [1.54, 1.807) is 7.11 Å². The van der Waals surface area contributed by atoms with Gasteiger partial charge in [0, 0.05) is 13.0 Å². The van der Waals surface area contributed by atoms with Gasteiger partial charge in [-0.1, -0.05) is 64.8 Å². The molecule has 0 bridgehead atoms. The number of hydrogen-bond donors (Lipinski definition) is 1. The van der Waals surface area contributed by atoms with E-state index in [0.29, 0.717) is 19.8 Å². The van der Waals surface area contributed by atoms with Crippen molar-refractivity contribution in [2.75, 3.05) is 31.8 Å². The maximum Gasteiger partial charge on any atom is 0.311 e. The van der Waals surface area contributed by atoms with E-state index < -0.39 is 19.8 Å². The third kappa shape index (κ3) is 15.1. The molecule has 276 valence electrons. The van der Waals surface area contributed by atoms with Gasteiger partial charge in [-0.15, -0.1) is 23.5 Å². The molecule has 1 aliphatic rings. The van der Waals surface area contributed by atoms with Crippen molar-refractivity contribution in [1.82, 2.24) is 0 Å². The van der Waals surface area contributed by atoms with E-state index >= 15 is 0 Å². The number of carbonyl (C=O) groups is 1. The Morgan fingerprint density at radius 1 is 0.979 bits per heavy atom. The molecule has 2 rings (SSSR count). The van der Waals surface area contributed by atoms with E-state index in [1.807, 2.05) is 56.4 Å². The highest BCUT2D eigenvalue weighted by atomic mass is 32.2. The fraction of sp³-hybridized carbons (Fsp3) is 0.769. The third-order valence-electron chi connectivity index (χ3n) is 9.62. The summed E-state index contributed by atoms with van der Waals surface area (Å²) in [6, 6.07) is 8.09. The van der Waals surface area contributed by atoms with Crippen molar-refractivity contribution in [2.45, 2.75) is 147 Å². The average molecular weight is 725 g/mol. The Bertz CT molecular complexity index is 1070. The molecule has 0 spiro atoms. The molecule has 1 aliphatic heterocycles. The first kappa shape index (κ1) is 43.2. The Kier molecular flexibility index (Phi) is 18.7. The predicted molar refractivity (Wildman–Crippen MR) is 209 cm³/mol. The van der Waals surface area contributed by atoms with Crippen molar-refractivity contribution in [3.8, 4) is 5.75 Å². The number of aliphatic hydroxyl groups is 1. The van der Waals surface area contributed by atoms with Crippen molar-refractivity contribution in [3.05, 3.63) is 42.0 Å². The van der Waals surface area contributed by atoms with Gasteiger partial charge in [-0.3, -0.25) is 4.79 Å². The first-order valence-corrected chi connectivity index (χ1v) is 23.1. The quantitative estimate of drug-likeness (QED) is 0.0581. The van der Waals surface area contributed by atoms with Gasteiger partial charge in [0.15, 0.2) is 8.32 Å². The Balaban J connectivity index is 1.97. The normalized spacial score (nSPS) is 17.6. The van der Waals surface area contributed by atoms with Crippen LogP contribution in [0.4, 0.5) is 0 Å². The van der Waals surface area contributed by atoms with Crippen molar-refractivity contribution in [1.29, 1.82) is 0 Å². The second-order valence-corrected chi connectivity index (χ2v) is 23.9. The fourth-order valence-corrected chi connectivity index (χ4v) is 10.0. The summed E-state index contributed by atoms with van der Waals surface area (Å²) in [5.74, 6) is 2.99. The number of benzene rings is 1. The molecule has 1 aromatic rings. The fourth-order valence-electron chi connectivity index (χ4n) is 5.25. The highest BCUT2D eigenvalue weighted by Crippen LogP contribution is 2.51. The Morgan fingerprint density at radius 2 is 1.62 bits per heavy atom. The second-order valence-electron chi connectivity index (χ2n) is 16.0. The number of allylic oxidation sites excluding steroid dienone is 2. The third-order valence-corrected chi connectivity index (χ3v) is 17.6. The molecular weight excluding hydrogens is 657 g/mol. The van der Waals surface area contributed by atoms with Crippen LogP contribution >= 0.6 is 23.5 Å². The van der Waals surface area contributed by atoms with Gasteiger partial charge >= 0.3 is 5.97 Å². The van der Waals surface area contributed by atoms with Crippen LogP contribution < -0.4 is 4.74 Å². The summed E-state index contributed by atoms with van der Waals surface area (Å²) in [5.41, 5.74) is 0.684. The van der Waals surface area contributed by atoms with Crippen LogP contribution in [0.3, 0.4) is 0 Å². The number of aliphatic hydroxyl groups excluding tert-OH is 1. The SMILES string of the molecule is COc1ccc(CO[C@@H](CCO[Si](C)(C)C(C)(C)C)CC2(C(O)[C@@H](C)C/C=C/CCCCCCOC(=O)C(C)(C)C)SCCCS2)cc1. The summed E-state index contributed by atoms with van der Waals surface area (Å²) in [6.07, 6.45) is 13.0. The number of thioether (sulfide) groups is 2. The predicted octanol–water partition coefficient (Wildman–Crippen LogP) is 10.4. The van der Waals surface area contributed by atoms with E-state index in [4.69, 9.17) is 18.6 Å². The van der Waals surface area contributed by atoms with Crippen LogP contribution in [0.5, 0.6) is 5.75 Å². The number of methoxy groups -OCH3 is 1. The lowest BCUT2D eigenvalue weighted by Crippen LogP contribution is -2.46. The lowest BCUT2D eigenvalue weighted by molar-refractivity contribution is -0.153. The Morgan fingerprint density at radius 3 is 2.23 bits per heavy atom. The second kappa shape index (κ2) is 20.8. The van der Waals surface area contributed by atoms with E-state index in [2.05, 4.69) is 65.1 Å². The summed E-state index contributed by atoms with van der Waals surface area (Å²) >= 11 is 3.87. The molecular formula is C39H68O6S2Si. The smallest absolute Gasteiger partial charge is 0.311 e. The van der Waals surface area contributed by atoms with Crippen LogP contribution in [0.2, 0.25) is 18.1 Å². The molecule has 1 aromatic carbocycles. The number of esters is 1. The number of carbonyl (C=O) groups excluding carboxylic acids is 1. The van der Waals surface area contributed by atoms with Gasteiger partial charge in [-0.05, 0) is 113 Å². The molecule has 1 N–H and O–H groups in total. The average Bonchev–Trinajstić information content (AvgIpc) is 3.03. The minimum absolute atomic E-state index is 0.0238. The molecule has 1 heterocycles. The molecule has 1 fully saturated rings. The first-order valence-electron chi connectivity index (χ1n) is 18.2. The van der Waals surface area contributed by atoms with Gasteiger partial charge in [-0.25, -0.2) is 0 Å². The highest BCUT2D eigenvalue weighted by Gasteiger charge is 2.45. The van der Waals surface area contributed by atoms with Gasteiger partial charge in [0.05, 0.1) is 42.0 Å². The van der Waals surface area contributed by atoms with Gasteiger partial charge in [0.1, 0.15) is 5.75 Å². The Hall–Kier alpha value is -0.973. The molecule has 0 radical (unpaired) electrons. The monoisotopic (exact) mass is 724 g/mol. The lowest BCUT2D eigenvalue weighted by atomic mass is 9.93. The molecule has 1 unspecified atom stereocenters. The molecule has 1 saturated heterocycles. The number of unbranched alkanes of at least 4 members (excludes halogenated alkanes) is 4. The number of ether oxygens (including phenoxy) is 3. The maximum absolute atomic E-state index is 12.0. The zero-order chi connectivity index (χ0) is 35.8. The van der Waals surface area contributed by atoms with Gasteiger partial charge < -0.3 is 23.7 Å². The molecule has 6 nitrogen and oxygen atoms in total. The van der Waals surface area contributed by atoms with Crippen LogP contribution in [0.25, 0.3) is 0 Å². The van der Waals surface area contributed by atoms with E-state index in [0.717, 1.165) is 74.2 Å². The van der Waals surface area contributed by atoms with Crippen molar-refractivity contribution < 1.29 is 28.5 Å². The summed E-state index contributed by atoms with van der Waals surface area (Å²) < 4.78 is 23.7. The minimum Gasteiger partial charge on any atom is -0.497 e. The lowest BCUT2D eigenvalue weighted by Gasteiger charge is -2.44. The number of hydrogen-bond acceptors (Lipinski definition) is 8. The van der Waals surface area contributed by atoms with Gasteiger partial charge in [0.2, 0.25) is 0 Å². The molecule has 9 heteroatoms. The molecule has 3 atom stereocenters. The largest absolute Gasteiger partial charge is 0.497 e.